The van der Waals surface area contributed by atoms with Gasteiger partial charge >= 0.3 is 0 Å². The molecule has 1 aromatic heterocycles. The fraction of sp³-hybridized carbons (Fsp3) is 0.385. The molecule has 2 N–H and O–H groups in total. The number of H-pyrrole nitrogens is 1. The lowest BCUT2D eigenvalue weighted by molar-refractivity contribution is 0.419. The number of fused-ring (bicyclic) bond motifs is 3. The Bertz CT molecular complexity index is 516. The number of aromatic amines is 1. The molecule has 2 heterocycles. The Labute approximate surface area is 94.8 Å². The van der Waals surface area contributed by atoms with E-state index in [1.165, 1.54) is 23.1 Å². The van der Waals surface area contributed by atoms with Gasteiger partial charge in [0.1, 0.15) is 5.75 Å². The van der Waals surface area contributed by atoms with E-state index in [0.717, 1.165) is 30.8 Å². The molecular formula is C13H16N2O. The topological polar surface area (TPSA) is 37.0 Å². The van der Waals surface area contributed by atoms with Crippen molar-refractivity contribution in [1.29, 1.82) is 0 Å². The summed E-state index contributed by atoms with van der Waals surface area (Å²) in [6.45, 7) is 2.04. The Morgan fingerprint density at radius 1 is 1.31 bits per heavy atom. The van der Waals surface area contributed by atoms with Crippen molar-refractivity contribution >= 4 is 10.9 Å². The van der Waals surface area contributed by atoms with E-state index in [1.54, 1.807) is 7.11 Å². The van der Waals surface area contributed by atoms with Crippen LogP contribution in [0.3, 0.4) is 0 Å². The largest absolute Gasteiger partial charge is 0.495 e. The highest BCUT2D eigenvalue weighted by Gasteiger charge is 2.15. The molecule has 2 aromatic rings. The molecule has 3 rings (SSSR count). The Kier molecular flexibility index (Phi) is 2.33. The second kappa shape index (κ2) is 3.83. The SMILES string of the molecule is COc1cccc2c3c([nH]c12)CNCCC3. The van der Waals surface area contributed by atoms with Crippen LogP contribution in [0.15, 0.2) is 18.2 Å². The van der Waals surface area contributed by atoms with Crippen LogP contribution < -0.4 is 10.1 Å². The number of benzene rings is 1. The summed E-state index contributed by atoms with van der Waals surface area (Å²) in [6.07, 6.45) is 2.35. The first-order chi connectivity index (χ1) is 7.90. The molecule has 1 aliphatic heterocycles. The number of para-hydroxylation sites is 1. The molecule has 84 valence electrons. The smallest absolute Gasteiger partial charge is 0.142 e. The van der Waals surface area contributed by atoms with Gasteiger partial charge in [-0.3, -0.25) is 0 Å². The Hall–Kier alpha value is -1.48. The van der Waals surface area contributed by atoms with Crippen molar-refractivity contribution in [3.8, 4) is 5.75 Å². The second-order valence-electron chi connectivity index (χ2n) is 4.25. The van der Waals surface area contributed by atoms with Gasteiger partial charge in [-0.1, -0.05) is 12.1 Å². The van der Waals surface area contributed by atoms with Gasteiger partial charge in [-0.2, -0.15) is 0 Å². The Balaban J connectivity index is 2.24. The maximum atomic E-state index is 5.38. The molecule has 0 fully saturated rings. The minimum atomic E-state index is 0.936. The Morgan fingerprint density at radius 3 is 3.12 bits per heavy atom. The summed E-state index contributed by atoms with van der Waals surface area (Å²) in [5.74, 6) is 0.936. The number of methoxy groups -OCH3 is 1. The normalized spacial score (nSPS) is 15.8. The van der Waals surface area contributed by atoms with Crippen LogP contribution in [0.5, 0.6) is 5.75 Å². The monoisotopic (exact) mass is 216 g/mol. The first-order valence-electron chi connectivity index (χ1n) is 5.77. The first-order valence-corrected chi connectivity index (χ1v) is 5.77. The third kappa shape index (κ3) is 1.39. The summed E-state index contributed by atoms with van der Waals surface area (Å²) < 4.78 is 5.38. The van der Waals surface area contributed by atoms with Crippen LogP contribution in [-0.4, -0.2) is 18.6 Å². The van der Waals surface area contributed by atoms with Crippen molar-refractivity contribution in [1.82, 2.24) is 10.3 Å². The predicted molar refractivity (Wildman–Crippen MR) is 64.9 cm³/mol. The van der Waals surface area contributed by atoms with E-state index < -0.39 is 0 Å². The number of hydrogen-bond donors (Lipinski definition) is 2. The first kappa shape index (κ1) is 9.73. The lowest BCUT2D eigenvalue weighted by Crippen LogP contribution is -2.12. The van der Waals surface area contributed by atoms with E-state index in [9.17, 15) is 0 Å². The van der Waals surface area contributed by atoms with Gasteiger partial charge < -0.3 is 15.0 Å². The standard InChI is InChI=1S/C13H16N2O/c1-16-12-6-2-4-10-9-5-3-7-14-8-11(9)15-13(10)12/h2,4,6,14-15H,3,5,7-8H2,1H3. The van der Waals surface area contributed by atoms with Gasteiger partial charge in [0.15, 0.2) is 0 Å². The molecule has 0 amide bonds. The number of ether oxygens (including phenoxy) is 1. The fourth-order valence-corrected chi connectivity index (χ4v) is 2.51. The van der Waals surface area contributed by atoms with Gasteiger partial charge in [-0.25, -0.2) is 0 Å². The lowest BCUT2D eigenvalue weighted by atomic mass is 10.1. The van der Waals surface area contributed by atoms with Crippen LogP contribution in [0.4, 0.5) is 0 Å². The fourth-order valence-electron chi connectivity index (χ4n) is 2.51. The molecular weight excluding hydrogens is 200 g/mol. The molecule has 16 heavy (non-hydrogen) atoms. The van der Waals surface area contributed by atoms with Crippen molar-refractivity contribution < 1.29 is 4.74 Å². The van der Waals surface area contributed by atoms with Crippen molar-refractivity contribution in [3.63, 3.8) is 0 Å². The molecule has 0 radical (unpaired) electrons. The van der Waals surface area contributed by atoms with Crippen molar-refractivity contribution in [3.05, 3.63) is 29.5 Å². The van der Waals surface area contributed by atoms with Crippen molar-refractivity contribution in [2.45, 2.75) is 19.4 Å². The maximum Gasteiger partial charge on any atom is 0.142 e. The van der Waals surface area contributed by atoms with E-state index in [-0.39, 0.29) is 0 Å². The van der Waals surface area contributed by atoms with E-state index in [2.05, 4.69) is 22.4 Å². The van der Waals surface area contributed by atoms with Gasteiger partial charge in [-0.05, 0) is 31.0 Å². The van der Waals surface area contributed by atoms with Crippen LogP contribution in [0.25, 0.3) is 10.9 Å². The molecule has 3 nitrogen and oxygen atoms in total. The minimum Gasteiger partial charge on any atom is -0.495 e. The summed E-state index contributed by atoms with van der Waals surface area (Å²) in [5, 5.41) is 4.75. The van der Waals surface area contributed by atoms with Gasteiger partial charge in [0, 0.05) is 17.6 Å². The van der Waals surface area contributed by atoms with Crippen LogP contribution >= 0.6 is 0 Å². The Morgan fingerprint density at radius 2 is 2.25 bits per heavy atom. The molecule has 0 aliphatic carbocycles. The summed E-state index contributed by atoms with van der Waals surface area (Å²) in [6, 6.07) is 6.25. The zero-order valence-corrected chi connectivity index (χ0v) is 9.47. The van der Waals surface area contributed by atoms with Gasteiger partial charge in [0.25, 0.3) is 0 Å². The molecule has 3 heteroatoms. The zero-order valence-electron chi connectivity index (χ0n) is 9.47. The van der Waals surface area contributed by atoms with E-state index in [0.29, 0.717) is 0 Å². The number of hydrogen-bond acceptors (Lipinski definition) is 2. The second-order valence-corrected chi connectivity index (χ2v) is 4.25. The van der Waals surface area contributed by atoms with E-state index in [4.69, 9.17) is 4.74 Å². The maximum absolute atomic E-state index is 5.38. The molecule has 0 spiro atoms. The number of aromatic nitrogens is 1. The van der Waals surface area contributed by atoms with Crippen LogP contribution in [0.2, 0.25) is 0 Å². The third-order valence-electron chi connectivity index (χ3n) is 3.29. The lowest BCUT2D eigenvalue weighted by Gasteiger charge is -2.01. The van der Waals surface area contributed by atoms with Crippen molar-refractivity contribution in [2.75, 3.05) is 13.7 Å². The molecule has 0 bridgehead atoms. The van der Waals surface area contributed by atoms with Crippen LogP contribution in [0.1, 0.15) is 17.7 Å². The third-order valence-corrected chi connectivity index (χ3v) is 3.29. The van der Waals surface area contributed by atoms with Gasteiger partial charge in [0.2, 0.25) is 0 Å². The average Bonchev–Trinajstić information content (AvgIpc) is 2.52. The molecule has 1 aliphatic rings. The number of nitrogens with one attached hydrogen (secondary N) is 2. The van der Waals surface area contributed by atoms with E-state index >= 15 is 0 Å². The molecule has 0 atom stereocenters. The zero-order chi connectivity index (χ0) is 11.0. The number of aryl methyl sites for hydroxylation is 1. The number of rotatable bonds is 1. The highest BCUT2D eigenvalue weighted by Crippen LogP contribution is 2.31. The molecule has 0 saturated carbocycles. The van der Waals surface area contributed by atoms with Crippen LogP contribution in [-0.2, 0) is 13.0 Å². The molecule has 0 unspecified atom stereocenters. The summed E-state index contributed by atoms with van der Waals surface area (Å²) in [7, 11) is 1.72. The quantitative estimate of drug-likeness (QED) is 0.767. The molecule has 1 aromatic carbocycles. The predicted octanol–water partition coefficient (Wildman–Crippen LogP) is 2.21. The summed E-state index contributed by atoms with van der Waals surface area (Å²) in [5.41, 5.74) is 3.91. The van der Waals surface area contributed by atoms with Gasteiger partial charge in [0.05, 0.1) is 12.6 Å². The highest BCUT2D eigenvalue weighted by atomic mass is 16.5. The highest BCUT2D eigenvalue weighted by molar-refractivity contribution is 5.89. The van der Waals surface area contributed by atoms with Crippen molar-refractivity contribution in [2.24, 2.45) is 0 Å². The van der Waals surface area contributed by atoms with Gasteiger partial charge in [-0.15, -0.1) is 0 Å². The summed E-state index contributed by atoms with van der Waals surface area (Å²) in [4.78, 5) is 3.49. The van der Waals surface area contributed by atoms with E-state index in [1.807, 2.05) is 6.07 Å². The van der Waals surface area contributed by atoms with Crippen LogP contribution in [0, 0.1) is 0 Å². The minimum absolute atomic E-state index is 0.936. The average molecular weight is 216 g/mol. The molecule has 0 saturated heterocycles. The summed E-state index contributed by atoms with van der Waals surface area (Å²) >= 11 is 0.